The number of cyclic esters (lactones) is 2. The standard InChI is InChI=1S/C24H24O3S/c1-10(12-2-3-28-9-12)19-22(24(26)27-23(19)25)20-13-7-15-14-4-11-5-17(15)21(20)18(6-11)16(14)8-13/h2-3,9,11,13-18,21H,4-8H2,1H3/b19-10+,22-20-/t11-,13?,14?,15+,16?,17?,18?,21-/m1/s1. The Kier molecular flexibility index (Phi) is 3.04. The molecule has 8 fully saturated rings. The second-order valence-corrected chi connectivity index (χ2v) is 10.9. The van der Waals surface area contributed by atoms with E-state index in [-0.39, 0.29) is 5.97 Å². The summed E-state index contributed by atoms with van der Waals surface area (Å²) < 4.78 is 5.22. The first kappa shape index (κ1) is 16.2. The topological polar surface area (TPSA) is 43.4 Å². The van der Waals surface area contributed by atoms with Crippen LogP contribution in [0.15, 0.2) is 33.5 Å². The minimum atomic E-state index is -0.432. The molecule has 0 spiro atoms. The summed E-state index contributed by atoms with van der Waals surface area (Å²) in [5, 5.41) is 4.08. The molecule has 8 atom stereocenters. The van der Waals surface area contributed by atoms with Gasteiger partial charge >= 0.3 is 11.9 Å². The van der Waals surface area contributed by atoms with Crippen LogP contribution in [0.3, 0.4) is 0 Å². The number of hydrogen-bond donors (Lipinski definition) is 0. The Balaban J connectivity index is 1.45. The van der Waals surface area contributed by atoms with E-state index in [4.69, 9.17) is 4.74 Å². The lowest BCUT2D eigenvalue weighted by Gasteiger charge is -2.70. The summed E-state index contributed by atoms with van der Waals surface area (Å²) in [7, 11) is 0. The minimum absolute atomic E-state index is 0.375. The normalized spacial score (nSPS) is 49.3. The second-order valence-electron chi connectivity index (χ2n) is 10.1. The molecule has 0 aromatic carbocycles. The summed E-state index contributed by atoms with van der Waals surface area (Å²) in [6.45, 7) is 1.98. The van der Waals surface area contributed by atoms with Crippen molar-refractivity contribution in [3.63, 3.8) is 0 Å². The van der Waals surface area contributed by atoms with Crippen LogP contribution in [0.25, 0.3) is 5.57 Å². The highest BCUT2D eigenvalue weighted by atomic mass is 32.1. The minimum Gasteiger partial charge on any atom is -0.386 e. The van der Waals surface area contributed by atoms with Crippen molar-refractivity contribution in [3.05, 3.63) is 39.1 Å². The van der Waals surface area contributed by atoms with Gasteiger partial charge in [-0.25, -0.2) is 9.59 Å². The van der Waals surface area contributed by atoms with Crippen LogP contribution in [0.2, 0.25) is 0 Å². The van der Waals surface area contributed by atoms with E-state index in [1.807, 2.05) is 18.4 Å². The third-order valence-corrected chi connectivity index (χ3v) is 10.00. The Morgan fingerprint density at radius 1 is 0.964 bits per heavy atom. The molecule has 9 rings (SSSR count). The molecule has 4 heteroatoms. The number of ether oxygens (including phenoxy) is 1. The Morgan fingerprint density at radius 3 is 2.32 bits per heavy atom. The van der Waals surface area contributed by atoms with Crippen molar-refractivity contribution in [2.24, 2.45) is 47.3 Å². The third-order valence-electron chi connectivity index (χ3n) is 9.31. The van der Waals surface area contributed by atoms with E-state index in [9.17, 15) is 9.59 Å². The maximum atomic E-state index is 13.0. The molecule has 1 aromatic rings. The molecule has 2 heterocycles. The number of esters is 2. The zero-order valence-electron chi connectivity index (χ0n) is 16.0. The Labute approximate surface area is 168 Å². The van der Waals surface area contributed by atoms with Gasteiger partial charge in [0.1, 0.15) is 0 Å². The smallest absolute Gasteiger partial charge is 0.347 e. The van der Waals surface area contributed by atoms with Gasteiger partial charge in [-0.05, 0) is 120 Å². The lowest BCUT2D eigenvalue weighted by molar-refractivity contribution is -0.177. The SMILES string of the molecule is C/C(=C1\C(=O)OC(=O)\C1=C1\C2CC3C4C[C@H]5CC3[C@H]1C(C5)[C@H]4C2)c1ccsc1. The average Bonchev–Trinajstić information content (AvgIpc) is 3.32. The molecule has 7 saturated carbocycles. The highest BCUT2D eigenvalue weighted by Crippen LogP contribution is 2.73. The maximum absolute atomic E-state index is 13.0. The van der Waals surface area contributed by atoms with E-state index in [0.717, 1.165) is 46.6 Å². The van der Waals surface area contributed by atoms with Gasteiger partial charge < -0.3 is 4.74 Å². The lowest BCUT2D eigenvalue weighted by atomic mass is 9.34. The van der Waals surface area contributed by atoms with Gasteiger partial charge in [0.2, 0.25) is 0 Å². The Bertz CT molecular complexity index is 959. The van der Waals surface area contributed by atoms with E-state index in [0.29, 0.717) is 23.0 Å². The zero-order chi connectivity index (χ0) is 18.7. The Morgan fingerprint density at radius 2 is 1.64 bits per heavy atom. The molecule has 0 N–H and O–H groups in total. The first-order chi connectivity index (χ1) is 13.6. The van der Waals surface area contributed by atoms with Crippen molar-refractivity contribution in [1.82, 2.24) is 0 Å². The third kappa shape index (κ3) is 1.82. The molecule has 28 heavy (non-hydrogen) atoms. The van der Waals surface area contributed by atoms with Gasteiger partial charge in [-0.2, -0.15) is 11.3 Å². The van der Waals surface area contributed by atoms with Crippen LogP contribution in [0.4, 0.5) is 0 Å². The second kappa shape index (κ2) is 5.27. The first-order valence-electron chi connectivity index (χ1n) is 10.9. The van der Waals surface area contributed by atoms with E-state index >= 15 is 0 Å². The van der Waals surface area contributed by atoms with Gasteiger partial charge in [0.25, 0.3) is 0 Å². The molecule has 5 unspecified atom stereocenters. The average molecular weight is 393 g/mol. The van der Waals surface area contributed by atoms with E-state index < -0.39 is 5.97 Å². The molecule has 8 bridgehead atoms. The fourth-order valence-corrected chi connectivity index (χ4v) is 9.37. The molecular weight excluding hydrogens is 368 g/mol. The number of rotatable bonds is 1. The van der Waals surface area contributed by atoms with Crippen LogP contribution in [0, 0.1) is 47.3 Å². The fourth-order valence-electron chi connectivity index (χ4n) is 8.66. The van der Waals surface area contributed by atoms with Crippen LogP contribution in [-0.2, 0) is 14.3 Å². The van der Waals surface area contributed by atoms with Crippen molar-refractivity contribution in [2.75, 3.05) is 0 Å². The van der Waals surface area contributed by atoms with Crippen LogP contribution >= 0.6 is 11.3 Å². The number of hydrogen-bond acceptors (Lipinski definition) is 4. The highest BCUT2D eigenvalue weighted by Gasteiger charge is 2.66. The molecule has 0 radical (unpaired) electrons. The van der Waals surface area contributed by atoms with Crippen molar-refractivity contribution in [2.45, 2.75) is 39.0 Å². The van der Waals surface area contributed by atoms with Gasteiger partial charge in [-0.15, -0.1) is 0 Å². The summed E-state index contributed by atoms with van der Waals surface area (Å²) in [5.74, 6) is 5.37. The lowest BCUT2D eigenvalue weighted by Crippen LogP contribution is -2.63. The number of thiophene rings is 1. The predicted octanol–water partition coefficient (Wildman–Crippen LogP) is 4.85. The van der Waals surface area contributed by atoms with E-state index in [2.05, 4.69) is 5.38 Å². The highest BCUT2D eigenvalue weighted by molar-refractivity contribution is 7.08. The number of allylic oxidation sites excluding steroid dienone is 2. The summed E-state index contributed by atoms with van der Waals surface area (Å²) in [6.07, 6.45) is 6.66. The zero-order valence-corrected chi connectivity index (χ0v) is 16.8. The first-order valence-corrected chi connectivity index (χ1v) is 11.8. The molecule has 1 aliphatic heterocycles. The van der Waals surface area contributed by atoms with E-state index in [1.54, 1.807) is 11.3 Å². The van der Waals surface area contributed by atoms with Crippen LogP contribution < -0.4 is 0 Å². The van der Waals surface area contributed by atoms with Crippen molar-refractivity contribution >= 4 is 28.8 Å². The Hall–Kier alpha value is -1.68. The van der Waals surface area contributed by atoms with Gasteiger partial charge in [-0.1, -0.05) is 0 Å². The van der Waals surface area contributed by atoms with Crippen molar-refractivity contribution < 1.29 is 14.3 Å². The summed E-state index contributed by atoms with van der Waals surface area (Å²) in [4.78, 5) is 25.7. The fraction of sp³-hybridized carbons (Fsp3) is 0.583. The van der Waals surface area contributed by atoms with E-state index in [1.165, 1.54) is 37.7 Å². The molecule has 0 amide bonds. The van der Waals surface area contributed by atoms with Gasteiger partial charge in [0.05, 0.1) is 11.1 Å². The molecule has 3 nitrogen and oxygen atoms in total. The summed E-state index contributed by atoms with van der Waals surface area (Å²) in [6, 6.07) is 2.03. The van der Waals surface area contributed by atoms with Crippen molar-refractivity contribution in [3.8, 4) is 0 Å². The number of carbonyl (C=O) groups is 2. The molecule has 1 saturated heterocycles. The monoisotopic (exact) mass is 392 g/mol. The largest absolute Gasteiger partial charge is 0.386 e. The summed E-state index contributed by atoms with van der Waals surface area (Å²) >= 11 is 1.62. The van der Waals surface area contributed by atoms with Crippen LogP contribution in [-0.4, -0.2) is 11.9 Å². The maximum Gasteiger partial charge on any atom is 0.347 e. The van der Waals surface area contributed by atoms with Gasteiger partial charge in [-0.3, -0.25) is 0 Å². The predicted molar refractivity (Wildman–Crippen MR) is 106 cm³/mol. The molecular formula is C24H24O3S. The molecule has 1 aromatic heterocycles. The molecule has 144 valence electrons. The number of carbonyl (C=O) groups excluding carboxylic acids is 2. The van der Waals surface area contributed by atoms with Crippen LogP contribution in [0.5, 0.6) is 0 Å². The molecule has 7 aliphatic carbocycles. The summed E-state index contributed by atoms with van der Waals surface area (Å²) in [5.41, 5.74) is 4.51. The quantitative estimate of drug-likeness (QED) is 0.390. The van der Waals surface area contributed by atoms with Crippen LogP contribution in [0.1, 0.15) is 44.6 Å². The van der Waals surface area contributed by atoms with Crippen molar-refractivity contribution in [1.29, 1.82) is 0 Å². The molecule has 8 aliphatic rings. The van der Waals surface area contributed by atoms with Gasteiger partial charge in [0.15, 0.2) is 0 Å². The van der Waals surface area contributed by atoms with Gasteiger partial charge in [0, 0.05) is 0 Å².